The number of thioether (sulfide) groups is 1. The lowest BCUT2D eigenvalue weighted by molar-refractivity contribution is -0.121. The van der Waals surface area contributed by atoms with E-state index in [1.54, 1.807) is 16.4 Å². The van der Waals surface area contributed by atoms with Crippen molar-refractivity contribution in [2.75, 3.05) is 44.2 Å². The Balaban J connectivity index is 2.20. The number of anilines is 1. The van der Waals surface area contributed by atoms with Gasteiger partial charge in [-0.2, -0.15) is 5.26 Å². The zero-order valence-corrected chi connectivity index (χ0v) is 19.5. The van der Waals surface area contributed by atoms with Gasteiger partial charge in [0.2, 0.25) is 0 Å². The highest BCUT2D eigenvalue weighted by Gasteiger charge is 2.32. The molecule has 0 saturated carbocycles. The van der Waals surface area contributed by atoms with Crippen LogP contribution in [0.25, 0.3) is 6.08 Å². The average Bonchev–Trinajstić information content (AvgIpc) is 3.02. The number of hydrogen-bond donors (Lipinski definition) is 0. The highest BCUT2D eigenvalue weighted by atomic mass is 32.2. The lowest BCUT2D eigenvalue weighted by atomic mass is 10.0. The molecule has 1 aromatic heterocycles. The largest absolute Gasteiger partial charge is 0.355 e. The van der Waals surface area contributed by atoms with Crippen LogP contribution in [0.2, 0.25) is 0 Å². The number of aromatic nitrogens is 1. The summed E-state index contributed by atoms with van der Waals surface area (Å²) in [6.45, 7) is 13.1. The second-order valence-corrected chi connectivity index (χ2v) is 8.92. The molecule has 30 heavy (non-hydrogen) atoms. The molecule has 1 aromatic rings. The van der Waals surface area contributed by atoms with E-state index in [2.05, 4.69) is 22.8 Å². The van der Waals surface area contributed by atoms with Crippen molar-refractivity contribution < 1.29 is 4.79 Å². The van der Waals surface area contributed by atoms with E-state index >= 15 is 0 Å². The van der Waals surface area contributed by atoms with E-state index in [0.717, 1.165) is 44.1 Å². The Bertz CT molecular complexity index is 1000. The van der Waals surface area contributed by atoms with E-state index in [1.807, 2.05) is 19.9 Å². The van der Waals surface area contributed by atoms with Gasteiger partial charge in [-0.05, 0) is 39.0 Å². The third-order valence-electron chi connectivity index (χ3n) is 5.75. The number of likely N-dealkylation sites (N-methyl/N-ethyl adjacent to an activating group) is 2. The van der Waals surface area contributed by atoms with Crippen molar-refractivity contribution in [2.24, 2.45) is 0 Å². The molecule has 3 rings (SSSR count). The molecule has 0 unspecified atom stereocenters. The number of pyridine rings is 1. The molecule has 160 valence electrons. The van der Waals surface area contributed by atoms with Gasteiger partial charge in [0.25, 0.3) is 11.5 Å². The quantitative estimate of drug-likeness (QED) is 0.509. The highest BCUT2D eigenvalue weighted by molar-refractivity contribution is 8.26. The molecule has 0 aromatic carbocycles. The van der Waals surface area contributed by atoms with Crippen LogP contribution in [0.5, 0.6) is 0 Å². The predicted octanol–water partition coefficient (Wildman–Crippen LogP) is 2.41. The lowest BCUT2D eigenvalue weighted by Crippen LogP contribution is -2.48. The van der Waals surface area contributed by atoms with E-state index in [4.69, 9.17) is 12.2 Å². The number of amides is 1. The fraction of sp³-hybridized carbons (Fsp3) is 0.524. The molecule has 0 bridgehead atoms. The van der Waals surface area contributed by atoms with Crippen molar-refractivity contribution >= 4 is 46.1 Å². The predicted molar refractivity (Wildman–Crippen MR) is 126 cm³/mol. The first-order valence-electron chi connectivity index (χ1n) is 10.3. The van der Waals surface area contributed by atoms with Crippen molar-refractivity contribution in [3.05, 3.63) is 31.9 Å². The van der Waals surface area contributed by atoms with E-state index in [0.29, 0.717) is 27.9 Å². The molecule has 0 atom stereocenters. The number of carbonyl (C=O) groups is 1. The van der Waals surface area contributed by atoms with Gasteiger partial charge >= 0.3 is 0 Å². The Hall–Kier alpha value is -2.15. The van der Waals surface area contributed by atoms with Crippen LogP contribution in [0.1, 0.15) is 37.5 Å². The smallest absolute Gasteiger partial charge is 0.270 e. The van der Waals surface area contributed by atoms with Crippen molar-refractivity contribution in [2.45, 2.75) is 34.2 Å². The van der Waals surface area contributed by atoms with Gasteiger partial charge in [0, 0.05) is 44.8 Å². The average molecular weight is 446 g/mol. The fourth-order valence-electron chi connectivity index (χ4n) is 3.96. The van der Waals surface area contributed by atoms with Crippen molar-refractivity contribution in [3.63, 3.8) is 0 Å². The summed E-state index contributed by atoms with van der Waals surface area (Å²) in [5, 5.41) is 9.64. The van der Waals surface area contributed by atoms with Crippen LogP contribution in [0.15, 0.2) is 9.70 Å². The Morgan fingerprint density at radius 3 is 2.27 bits per heavy atom. The second-order valence-electron chi connectivity index (χ2n) is 7.25. The van der Waals surface area contributed by atoms with E-state index in [9.17, 15) is 14.9 Å². The summed E-state index contributed by atoms with van der Waals surface area (Å²) in [7, 11) is 0. The summed E-state index contributed by atoms with van der Waals surface area (Å²) >= 11 is 6.62. The van der Waals surface area contributed by atoms with Crippen LogP contribution in [0.4, 0.5) is 5.82 Å². The van der Waals surface area contributed by atoms with Crippen molar-refractivity contribution in [3.8, 4) is 6.07 Å². The van der Waals surface area contributed by atoms with Gasteiger partial charge in [-0.1, -0.05) is 30.9 Å². The van der Waals surface area contributed by atoms with Gasteiger partial charge in [-0.15, -0.1) is 0 Å². The molecule has 2 aliphatic heterocycles. The van der Waals surface area contributed by atoms with Crippen molar-refractivity contribution in [1.82, 2.24) is 14.4 Å². The Labute approximate surface area is 186 Å². The summed E-state index contributed by atoms with van der Waals surface area (Å²) in [6.07, 6.45) is 1.82. The van der Waals surface area contributed by atoms with Crippen LogP contribution in [-0.4, -0.2) is 63.9 Å². The Morgan fingerprint density at radius 1 is 1.10 bits per heavy atom. The number of carbonyl (C=O) groups excluding carboxylic acids is 1. The molecule has 9 heteroatoms. The maximum atomic E-state index is 13.0. The molecule has 2 fully saturated rings. The number of piperazine rings is 1. The number of thiocarbonyl (C=S) groups is 1. The van der Waals surface area contributed by atoms with Crippen LogP contribution in [0, 0.1) is 18.3 Å². The van der Waals surface area contributed by atoms with Gasteiger partial charge in [-0.25, -0.2) is 0 Å². The minimum atomic E-state index is -0.274. The van der Waals surface area contributed by atoms with Gasteiger partial charge in [-0.3, -0.25) is 19.1 Å². The molecule has 0 radical (unpaired) electrons. The molecule has 1 amide bonds. The van der Waals surface area contributed by atoms with Crippen LogP contribution in [-0.2, 0) is 11.3 Å². The third-order valence-corrected chi connectivity index (χ3v) is 7.12. The molecule has 2 saturated heterocycles. The summed E-state index contributed by atoms with van der Waals surface area (Å²) in [6, 6.07) is 2.07. The second kappa shape index (κ2) is 9.33. The number of nitriles is 1. The molecule has 7 nitrogen and oxygen atoms in total. The zero-order chi connectivity index (χ0) is 22.0. The van der Waals surface area contributed by atoms with Gasteiger partial charge in [0.15, 0.2) is 0 Å². The monoisotopic (exact) mass is 445 g/mol. The zero-order valence-electron chi connectivity index (χ0n) is 17.9. The first-order chi connectivity index (χ1) is 14.4. The fourth-order valence-corrected chi connectivity index (χ4v) is 5.32. The summed E-state index contributed by atoms with van der Waals surface area (Å²) in [5.74, 6) is 0.665. The maximum Gasteiger partial charge on any atom is 0.270 e. The molecule has 0 aliphatic carbocycles. The van der Waals surface area contributed by atoms with Crippen LogP contribution in [0.3, 0.4) is 0 Å². The minimum Gasteiger partial charge on any atom is -0.355 e. The van der Waals surface area contributed by atoms with Gasteiger partial charge in [0.05, 0.1) is 4.91 Å². The lowest BCUT2D eigenvalue weighted by Gasteiger charge is -2.37. The molecule has 3 heterocycles. The number of rotatable bonds is 5. The van der Waals surface area contributed by atoms with E-state index < -0.39 is 0 Å². The highest BCUT2D eigenvalue weighted by Crippen LogP contribution is 2.35. The van der Waals surface area contributed by atoms with E-state index in [-0.39, 0.29) is 17.0 Å². The first kappa shape index (κ1) is 22.5. The topological polar surface area (TPSA) is 72.6 Å². The first-order valence-corrected chi connectivity index (χ1v) is 11.5. The van der Waals surface area contributed by atoms with E-state index in [1.165, 1.54) is 11.8 Å². The summed E-state index contributed by atoms with van der Waals surface area (Å²) < 4.78 is 2.20. The maximum absolute atomic E-state index is 13.0. The summed E-state index contributed by atoms with van der Waals surface area (Å²) in [4.78, 5) is 32.5. The van der Waals surface area contributed by atoms with Crippen LogP contribution >= 0.6 is 24.0 Å². The normalized spacial score (nSPS) is 19.1. The van der Waals surface area contributed by atoms with Crippen LogP contribution < -0.4 is 10.5 Å². The van der Waals surface area contributed by atoms with Crippen molar-refractivity contribution in [1.29, 1.82) is 5.26 Å². The van der Waals surface area contributed by atoms with Gasteiger partial charge in [0.1, 0.15) is 21.8 Å². The van der Waals surface area contributed by atoms with Gasteiger partial charge < -0.3 is 9.80 Å². The standard InChI is InChI=1S/C21H27N5O2S2/c1-5-23-8-10-24(11-9-23)18-15(12-17-20(28)26(7-3)21(29)30-17)14(4)16(13-22)19(27)25(18)6-2/h12H,5-11H2,1-4H3. The summed E-state index contributed by atoms with van der Waals surface area (Å²) in [5.41, 5.74) is 1.23. The molecule has 0 spiro atoms. The molecular formula is C21H27N5O2S2. The number of hydrogen-bond acceptors (Lipinski definition) is 7. The Kier molecular flexibility index (Phi) is 7.01. The third kappa shape index (κ3) is 3.92. The molecular weight excluding hydrogens is 418 g/mol. The SMILES string of the molecule is CCN1CCN(c2c(C=C3SC(=S)N(CC)C3=O)c(C)c(C#N)c(=O)n2CC)CC1. The Morgan fingerprint density at radius 2 is 1.77 bits per heavy atom. The molecule has 0 N–H and O–H groups in total. The number of nitrogens with zero attached hydrogens (tertiary/aromatic N) is 5. The molecule has 2 aliphatic rings. The minimum absolute atomic E-state index is 0.124.